The van der Waals surface area contributed by atoms with Gasteiger partial charge in [0.2, 0.25) is 0 Å². The maximum absolute atomic E-state index is 13.5. The van der Waals surface area contributed by atoms with Crippen LogP contribution in [0, 0.1) is 0 Å². The third-order valence-corrected chi connectivity index (χ3v) is 6.06. The first-order valence-corrected chi connectivity index (χ1v) is 11.5. The molecule has 2 aromatic carbocycles. The molecule has 6 nitrogen and oxygen atoms in total. The van der Waals surface area contributed by atoms with E-state index in [0.29, 0.717) is 35.7 Å². The molecule has 1 aliphatic carbocycles. The minimum absolute atomic E-state index is 0.0742. The van der Waals surface area contributed by atoms with E-state index in [4.69, 9.17) is 14.8 Å². The zero-order valence-corrected chi connectivity index (χ0v) is 18.7. The quantitative estimate of drug-likeness (QED) is 0.458. The fourth-order valence-electron chi connectivity index (χ4n) is 4.17. The Morgan fingerprint density at radius 1 is 1.18 bits per heavy atom. The molecule has 170 valence electrons. The van der Waals surface area contributed by atoms with Gasteiger partial charge in [-0.3, -0.25) is 4.79 Å². The second kappa shape index (κ2) is 9.17. The largest absolute Gasteiger partial charge is 0.489 e. The predicted molar refractivity (Wildman–Crippen MR) is 124 cm³/mol. The molecular weight excluding hydrogens is 419 g/mol. The minimum atomic E-state index is -0.0742. The van der Waals surface area contributed by atoms with Crippen molar-refractivity contribution in [2.24, 2.45) is 0 Å². The van der Waals surface area contributed by atoms with Gasteiger partial charge in [0, 0.05) is 42.3 Å². The summed E-state index contributed by atoms with van der Waals surface area (Å²) in [4.78, 5) is 18.9. The molecule has 7 heteroatoms. The van der Waals surface area contributed by atoms with Crippen molar-refractivity contribution in [3.05, 3.63) is 77.4 Å². The van der Waals surface area contributed by atoms with E-state index in [2.05, 4.69) is 6.92 Å². The Hall–Kier alpha value is -3.48. The van der Waals surface area contributed by atoms with Gasteiger partial charge < -0.3 is 9.64 Å². The van der Waals surface area contributed by atoms with E-state index in [0.717, 1.165) is 35.7 Å². The van der Waals surface area contributed by atoms with E-state index in [1.807, 2.05) is 53.2 Å². The number of carbonyl (C=O) groups is 1. The molecule has 5 rings (SSSR count). The maximum atomic E-state index is 13.5. The van der Waals surface area contributed by atoms with Crippen molar-refractivity contribution in [2.75, 3.05) is 13.2 Å². The maximum Gasteiger partial charge on any atom is 0.254 e. The number of aryl methyl sites for hydroxylation is 1. The molecule has 1 aliphatic heterocycles. The average Bonchev–Trinajstić information content (AvgIpc) is 3.53. The summed E-state index contributed by atoms with van der Waals surface area (Å²) in [6.45, 7) is 3.78. The molecule has 1 aromatic heterocycles. The first-order valence-electron chi connectivity index (χ1n) is 11.5. The number of hydrogen-bond donors (Lipinski definition) is 0. The number of fused-ring (bicyclic) bond motifs is 1. The monoisotopic (exact) mass is 446 g/mol. The molecule has 0 spiro atoms. The Balaban J connectivity index is 1.20. The molecular formula is C26H27FN4O2. The van der Waals surface area contributed by atoms with Crippen LogP contribution in [0.3, 0.4) is 0 Å². The number of rotatable bonds is 9. The van der Waals surface area contributed by atoms with Gasteiger partial charge in [0.25, 0.3) is 5.91 Å². The average molecular weight is 447 g/mol. The lowest BCUT2D eigenvalue weighted by Gasteiger charge is -2.17. The topological polar surface area (TPSA) is 60.2 Å². The molecule has 0 saturated heterocycles. The van der Waals surface area contributed by atoms with Crippen LogP contribution in [0.1, 0.15) is 53.8 Å². The van der Waals surface area contributed by atoms with E-state index in [1.165, 1.54) is 12.8 Å². The number of hydrogen-bond acceptors (Lipinski definition) is 4. The molecule has 2 heterocycles. The van der Waals surface area contributed by atoms with Crippen LogP contribution in [0.25, 0.3) is 11.4 Å². The van der Waals surface area contributed by atoms with Crippen LogP contribution in [0.4, 0.5) is 4.39 Å². The highest BCUT2D eigenvalue weighted by Crippen LogP contribution is 2.39. The van der Waals surface area contributed by atoms with Crippen LogP contribution in [-0.4, -0.2) is 38.7 Å². The van der Waals surface area contributed by atoms with Crippen molar-refractivity contribution in [1.82, 2.24) is 19.7 Å². The summed E-state index contributed by atoms with van der Waals surface area (Å²) in [5.41, 5.74) is 3.00. The summed E-state index contributed by atoms with van der Waals surface area (Å²) in [6, 6.07) is 15.0. The van der Waals surface area contributed by atoms with Crippen molar-refractivity contribution in [3.8, 4) is 17.1 Å². The highest BCUT2D eigenvalue weighted by Gasteiger charge is 2.30. The fourth-order valence-corrected chi connectivity index (χ4v) is 4.17. The van der Waals surface area contributed by atoms with Crippen molar-refractivity contribution < 1.29 is 13.9 Å². The van der Waals surface area contributed by atoms with Crippen LogP contribution < -0.4 is 4.74 Å². The van der Waals surface area contributed by atoms with Gasteiger partial charge >= 0.3 is 0 Å². The summed E-state index contributed by atoms with van der Waals surface area (Å²) in [5.74, 6) is 2.91. The second-order valence-corrected chi connectivity index (χ2v) is 8.69. The molecule has 0 bridgehead atoms. The standard InChI is InChI=1S/C26H27FN4O2/c1-2-13-31-25(20-7-8-20)28-24(29-31)19-9-11-22(12-10-19)33-17-18(14-27)15-30-16-21-5-3-4-6-23(21)26(30)32/h3-6,9-12,14,20H,2,7-8,13,15-17H2,1H3/b18-14+. The first-order chi connectivity index (χ1) is 16.2. The molecule has 3 aromatic rings. The summed E-state index contributed by atoms with van der Waals surface area (Å²) in [7, 11) is 0. The van der Waals surface area contributed by atoms with Gasteiger partial charge in [-0.15, -0.1) is 0 Å². The minimum Gasteiger partial charge on any atom is -0.489 e. The Kier molecular flexibility index (Phi) is 5.94. The second-order valence-electron chi connectivity index (χ2n) is 8.69. The van der Waals surface area contributed by atoms with Gasteiger partial charge in [-0.05, 0) is 55.2 Å². The van der Waals surface area contributed by atoms with E-state index < -0.39 is 0 Å². The molecule has 1 fully saturated rings. The smallest absolute Gasteiger partial charge is 0.254 e. The number of ether oxygens (including phenoxy) is 1. The summed E-state index contributed by atoms with van der Waals surface area (Å²) in [6.07, 6.45) is 3.94. The number of halogens is 1. The van der Waals surface area contributed by atoms with Crippen molar-refractivity contribution >= 4 is 5.91 Å². The highest BCUT2D eigenvalue weighted by molar-refractivity contribution is 5.98. The van der Waals surface area contributed by atoms with Gasteiger partial charge in [-0.25, -0.2) is 14.1 Å². The molecule has 0 radical (unpaired) electrons. The third-order valence-electron chi connectivity index (χ3n) is 6.06. The van der Waals surface area contributed by atoms with E-state index in [9.17, 15) is 9.18 Å². The van der Waals surface area contributed by atoms with E-state index in [1.54, 1.807) is 4.90 Å². The summed E-state index contributed by atoms with van der Waals surface area (Å²) < 4.78 is 21.4. The lowest BCUT2D eigenvalue weighted by Crippen LogP contribution is -2.27. The Labute approximate surface area is 192 Å². The number of nitrogens with zero attached hydrogens (tertiary/aromatic N) is 4. The first kappa shape index (κ1) is 21.4. The van der Waals surface area contributed by atoms with Crippen LogP contribution in [0.2, 0.25) is 0 Å². The zero-order chi connectivity index (χ0) is 22.8. The van der Waals surface area contributed by atoms with Crippen LogP contribution in [0.15, 0.2) is 60.4 Å². The zero-order valence-electron chi connectivity index (χ0n) is 18.7. The number of aromatic nitrogens is 3. The molecule has 0 atom stereocenters. The van der Waals surface area contributed by atoms with Crippen molar-refractivity contribution in [3.63, 3.8) is 0 Å². The van der Waals surface area contributed by atoms with Crippen LogP contribution >= 0.6 is 0 Å². The van der Waals surface area contributed by atoms with E-state index in [-0.39, 0.29) is 19.1 Å². The molecule has 2 aliphatic rings. The van der Waals surface area contributed by atoms with Gasteiger partial charge in [-0.1, -0.05) is 25.1 Å². The van der Waals surface area contributed by atoms with Gasteiger partial charge in [0.05, 0.1) is 6.33 Å². The molecule has 1 saturated carbocycles. The highest BCUT2D eigenvalue weighted by atomic mass is 19.1. The van der Waals surface area contributed by atoms with Gasteiger partial charge in [0.15, 0.2) is 5.82 Å². The summed E-state index contributed by atoms with van der Waals surface area (Å²) >= 11 is 0. The summed E-state index contributed by atoms with van der Waals surface area (Å²) in [5, 5.41) is 4.70. The number of amides is 1. The Morgan fingerprint density at radius 3 is 2.67 bits per heavy atom. The predicted octanol–water partition coefficient (Wildman–Crippen LogP) is 5.12. The number of benzene rings is 2. The molecule has 0 N–H and O–H groups in total. The van der Waals surface area contributed by atoms with E-state index >= 15 is 0 Å². The molecule has 33 heavy (non-hydrogen) atoms. The molecule has 0 unspecified atom stereocenters. The van der Waals surface area contributed by atoms with Crippen molar-refractivity contribution in [1.29, 1.82) is 0 Å². The molecule has 1 amide bonds. The van der Waals surface area contributed by atoms with Crippen LogP contribution in [0.5, 0.6) is 5.75 Å². The lowest BCUT2D eigenvalue weighted by atomic mass is 10.1. The Bertz CT molecular complexity index is 1180. The van der Waals surface area contributed by atoms with Gasteiger partial charge in [-0.2, -0.15) is 5.10 Å². The fraction of sp³-hybridized carbons (Fsp3) is 0.346. The normalized spacial score (nSPS) is 15.8. The SMILES string of the molecule is CCCn1nc(-c2ccc(OC/C(=C/F)CN3Cc4ccccc4C3=O)cc2)nc1C1CC1. The lowest BCUT2D eigenvalue weighted by molar-refractivity contribution is 0.0788. The van der Waals surface area contributed by atoms with Gasteiger partial charge in [0.1, 0.15) is 18.2 Å². The van der Waals surface area contributed by atoms with Crippen LogP contribution in [-0.2, 0) is 13.1 Å². The number of carbonyl (C=O) groups excluding carboxylic acids is 1. The Morgan fingerprint density at radius 2 is 1.97 bits per heavy atom. The third kappa shape index (κ3) is 4.53. The van der Waals surface area contributed by atoms with Crippen molar-refractivity contribution in [2.45, 2.75) is 45.2 Å².